The van der Waals surface area contributed by atoms with Gasteiger partial charge in [-0.1, -0.05) is 6.92 Å². The Morgan fingerprint density at radius 2 is 1.94 bits per heavy atom. The third kappa shape index (κ3) is 7.46. The Bertz CT molecular complexity index is 1140. The minimum atomic E-state index is -4.58. The summed E-state index contributed by atoms with van der Waals surface area (Å²) >= 11 is 1.49. The second-order valence-electron chi connectivity index (χ2n) is 8.05. The largest absolute Gasteiger partial charge is 0.491 e. The number of hydrogen-bond donors (Lipinski definition) is 1. The van der Waals surface area contributed by atoms with Crippen molar-refractivity contribution in [3.05, 3.63) is 58.4 Å². The van der Waals surface area contributed by atoms with Crippen molar-refractivity contribution in [1.29, 1.82) is 0 Å². The lowest BCUT2D eigenvalue weighted by Gasteiger charge is -2.16. The van der Waals surface area contributed by atoms with E-state index in [4.69, 9.17) is 9.47 Å². The van der Waals surface area contributed by atoms with E-state index in [9.17, 15) is 18.0 Å². The highest BCUT2D eigenvalue weighted by atomic mass is 32.1. The Morgan fingerprint density at radius 3 is 2.54 bits per heavy atom. The zero-order valence-corrected chi connectivity index (χ0v) is 20.7. The van der Waals surface area contributed by atoms with E-state index in [-0.39, 0.29) is 11.8 Å². The fourth-order valence-corrected chi connectivity index (χ4v) is 3.84. The van der Waals surface area contributed by atoms with Crippen LogP contribution < -0.4 is 10.1 Å². The van der Waals surface area contributed by atoms with E-state index in [0.717, 1.165) is 27.9 Å². The first-order valence-corrected chi connectivity index (χ1v) is 11.9. The molecule has 3 rings (SSSR count). The molecule has 2 aromatic heterocycles. The number of nitrogens with zero attached hydrogens (tertiary/aromatic N) is 3. The van der Waals surface area contributed by atoms with E-state index in [1.165, 1.54) is 17.4 Å². The van der Waals surface area contributed by atoms with Gasteiger partial charge in [0, 0.05) is 28.8 Å². The summed E-state index contributed by atoms with van der Waals surface area (Å²) in [5, 5.41) is 10.3. The number of thiazole rings is 1. The highest BCUT2D eigenvalue weighted by Crippen LogP contribution is 2.30. The second kappa shape index (κ2) is 11.6. The van der Waals surface area contributed by atoms with Gasteiger partial charge in [-0.05, 0) is 57.5 Å². The average Bonchev–Trinajstić information content (AvgIpc) is 3.27. The van der Waals surface area contributed by atoms with Gasteiger partial charge in [0.2, 0.25) is 0 Å². The van der Waals surface area contributed by atoms with Crippen molar-refractivity contribution in [2.75, 3.05) is 13.2 Å². The number of nitrogens with one attached hydrogen (secondary N) is 1. The summed E-state index contributed by atoms with van der Waals surface area (Å²) in [4.78, 5) is 18.5. The molecule has 0 aliphatic carbocycles. The Morgan fingerprint density at radius 1 is 1.17 bits per heavy atom. The Kier molecular flexibility index (Phi) is 8.79. The summed E-state index contributed by atoms with van der Waals surface area (Å²) in [7, 11) is 0. The molecule has 0 spiro atoms. The number of alkyl halides is 3. The molecule has 3 aromatic rings. The van der Waals surface area contributed by atoms with Crippen LogP contribution in [0.2, 0.25) is 0 Å². The number of carbonyl (C=O) groups is 1. The topological polar surface area (TPSA) is 86.2 Å². The van der Waals surface area contributed by atoms with Crippen LogP contribution >= 0.6 is 11.3 Å². The predicted octanol–water partition coefficient (Wildman–Crippen LogP) is 5.61. The molecule has 2 heterocycles. The van der Waals surface area contributed by atoms with E-state index in [0.29, 0.717) is 24.5 Å². The summed E-state index contributed by atoms with van der Waals surface area (Å²) < 4.78 is 49.8. The molecule has 0 unspecified atom stereocenters. The molecule has 0 saturated carbocycles. The monoisotopic (exact) mass is 508 g/mol. The molecule has 1 N–H and O–H groups in total. The smallest absolute Gasteiger partial charge is 0.435 e. The molecule has 35 heavy (non-hydrogen) atoms. The molecular weight excluding hydrogens is 481 g/mol. The lowest BCUT2D eigenvalue weighted by molar-refractivity contribution is -0.141. The quantitative estimate of drug-likeness (QED) is 0.383. The zero-order chi connectivity index (χ0) is 25.6. The Hall–Kier alpha value is -3.05. The normalized spacial score (nSPS) is 13.3. The summed E-state index contributed by atoms with van der Waals surface area (Å²) in [6.07, 6.45) is -2.06. The van der Waals surface area contributed by atoms with Crippen LogP contribution in [0.5, 0.6) is 5.75 Å². The fraction of sp³-hybridized carbons (Fsp3) is 0.417. The van der Waals surface area contributed by atoms with Crippen LogP contribution in [0.15, 0.2) is 36.5 Å². The van der Waals surface area contributed by atoms with Crippen LogP contribution in [0.1, 0.15) is 59.9 Å². The number of halogens is 3. The average molecular weight is 509 g/mol. The van der Waals surface area contributed by atoms with Crippen LogP contribution in [-0.4, -0.2) is 40.4 Å². The zero-order valence-electron chi connectivity index (χ0n) is 19.8. The summed E-state index contributed by atoms with van der Waals surface area (Å²) in [5.74, 6) is 0.0453. The first-order valence-electron chi connectivity index (χ1n) is 11.1. The second-order valence-corrected chi connectivity index (χ2v) is 9.29. The van der Waals surface area contributed by atoms with E-state index in [1.807, 2.05) is 26.8 Å². The molecule has 2 atom stereocenters. The third-order valence-corrected chi connectivity index (χ3v) is 5.86. The van der Waals surface area contributed by atoms with Crippen molar-refractivity contribution in [2.45, 2.75) is 52.4 Å². The molecule has 0 fully saturated rings. The van der Waals surface area contributed by atoms with Crippen LogP contribution in [0, 0.1) is 6.92 Å². The van der Waals surface area contributed by atoms with E-state index in [1.54, 1.807) is 25.3 Å². The van der Waals surface area contributed by atoms with Gasteiger partial charge in [0.25, 0.3) is 5.91 Å². The van der Waals surface area contributed by atoms with Gasteiger partial charge in [-0.2, -0.15) is 18.3 Å². The van der Waals surface area contributed by atoms with E-state index >= 15 is 0 Å². The fourth-order valence-electron chi connectivity index (χ4n) is 3.08. The highest BCUT2D eigenvalue weighted by Gasteiger charge is 2.33. The molecule has 188 valence electrons. The third-order valence-electron chi connectivity index (χ3n) is 4.89. The minimum Gasteiger partial charge on any atom is -0.491 e. The van der Waals surface area contributed by atoms with Crippen molar-refractivity contribution >= 4 is 17.2 Å². The van der Waals surface area contributed by atoms with Crippen molar-refractivity contribution in [1.82, 2.24) is 20.5 Å². The predicted molar refractivity (Wildman–Crippen MR) is 126 cm³/mol. The van der Waals surface area contributed by atoms with Gasteiger partial charge in [-0.15, -0.1) is 16.4 Å². The van der Waals surface area contributed by atoms with E-state index in [2.05, 4.69) is 20.5 Å². The number of aromatic nitrogens is 3. The number of hydrogen-bond acceptors (Lipinski definition) is 7. The van der Waals surface area contributed by atoms with Gasteiger partial charge in [0.15, 0.2) is 5.69 Å². The molecular formula is C24H27F3N4O3S. The molecule has 0 radical (unpaired) electrons. The molecule has 11 heteroatoms. The number of aryl methyl sites for hydroxylation is 1. The van der Waals surface area contributed by atoms with Gasteiger partial charge in [0.05, 0.1) is 17.8 Å². The Balaban J connectivity index is 1.79. The number of rotatable bonds is 10. The lowest BCUT2D eigenvalue weighted by Crippen LogP contribution is -2.28. The van der Waals surface area contributed by atoms with Crippen LogP contribution in [0.4, 0.5) is 13.2 Å². The maximum atomic E-state index is 13.0. The number of benzene rings is 1. The first kappa shape index (κ1) is 26.6. The first-order chi connectivity index (χ1) is 16.6. The van der Waals surface area contributed by atoms with Crippen LogP contribution in [0.3, 0.4) is 0 Å². The summed E-state index contributed by atoms with van der Waals surface area (Å²) in [5.41, 5.74) is 0.149. The molecule has 0 bridgehead atoms. The van der Waals surface area contributed by atoms with Gasteiger partial charge in [-0.25, -0.2) is 4.98 Å². The Labute approximate surface area is 205 Å². The number of carbonyl (C=O) groups excluding carboxylic acids is 1. The van der Waals surface area contributed by atoms with E-state index < -0.39 is 23.8 Å². The van der Waals surface area contributed by atoms with Crippen molar-refractivity contribution < 1.29 is 27.4 Å². The molecule has 1 amide bonds. The summed E-state index contributed by atoms with van der Waals surface area (Å²) in [6, 6.07) is 6.48. The maximum Gasteiger partial charge on any atom is 0.435 e. The van der Waals surface area contributed by atoms with Gasteiger partial charge in [0.1, 0.15) is 17.4 Å². The van der Waals surface area contributed by atoms with Gasteiger partial charge >= 0.3 is 6.18 Å². The lowest BCUT2D eigenvalue weighted by atomic mass is 10.1. The standard InChI is InChI=1S/C24H27F3N4O3S/c1-5-8-33-14(2)13-34-19-10-17(9-18(11-19)23-28-12-15(3)35-23)22(32)29-16(4)20-6-7-21(31-30-20)24(25,26)27/h6-7,9-12,14,16H,5,8,13H2,1-4H3,(H,29,32)/t14-,16+/m0/s1. The van der Waals surface area contributed by atoms with Gasteiger partial charge in [-0.3, -0.25) is 4.79 Å². The summed E-state index contributed by atoms with van der Waals surface area (Å²) in [6.45, 7) is 8.42. The minimum absolute atomic E-state index is 0.128. The van der Waals surface area contributed by atoms with Crippen LogP contribution in [0.25, 0.3) is 10.6 Å². The molecule has 7 nitrogen and oxygen atoms in total. The van der Waals surface area contributed by atoms with Crippen molar-refractivity contribution in [3.8, 4) is 16.3 Å². The van der Waals surface area contributed by atoms with Crippen molar-refractivity contribution in [2.24, 2.45) is 0 Å². The maximum absolute atomic E-state index is 13.0. The van der Waals surface area contributed by atoms with Crippen LogP contribution in [-0.2, 0) is 10.9 Å². The van der Waals surface area contributed by atoms with Gasteiger partial charge < -0.3 is 14.8 Å². The number of ether oxygens (including phenoxy) is 2. The molecule has 0 aliphatic heterocycles. The highest BCUT2D eigenvalue weighted by molar-refractivity contribution is 7.14. The molecule has 1 aromatic carbocycles. The molecule has 0 saturated heterocycles. The molecule has 0 aliphatic rings. The SMILES string of the molecule is CCCO[C@@H](C)COc1cc(C(=O)N[C@H](C)c2ccc(C(F)(F)F)nn2)cc(-c2ncc(C)s2)c1. The van der Waals surface area contributed by atoms with Crippen molar-refractivity contribution in [3.63, 3.8) is 0 Å². The number of amides is 1.